The number of rotatable bonds is 4. The lowest BCUT2D eigenvalue weighted by Crippen LogP contribution is -2.19. The maximum absolute atomic E-state index is 12.4. The summed E-state index contributed by atoms with van der Waals surface area (Å²) in [5.74, 6) is 0.650. The zero-order chi connectivity index (χ0) is 19.5. The lowest BCUT2D eigenvalue weighted by atomic mass is 10.1. The van der Waals surface area contributed by atoms with Crippen molar-refractivity contribution in [2.24, 2.45) is 0 Å². The highest BCUT2D eigenvalue weighted by Gasteiger charge is 2.14. The molecule has 0 spiro atoms. The average molecular weight is 413 g/mol. The number of nitrogens with one attached hydrogen (secondary N) is 1. The molecule has 0 bridgehead atoms. The molecule has 2 heterocycles. The molecule has 0 radical (unpaired) electrons. The van der Waals surface area contributed by atoms with Crippen LogP contribution in [0.2, 0.25) is 10.0 Å². The Morgan fingerprint density at radius 1 is 0.893 bits per heavy atom. The molecule has 0 saturated carbocycles. The summed E-state index contributed by atoms with van der Waals surface area (Å²) < 4.78 is 0. The third-order valence-electron chi connectivity index (χ3n) is 4.64. The Kier molecular flexibility index (Phi) is 5.46. The first-order valence-corrected chi connectivity index (χ1v) is 9.81. The Morgan fingerprint density at radius 2 is 1.57 bits per heavy atom. The summed E-state index contributed by atoms with van der Waals surface area (Å²) in [6, 6.07) is 16.2. The van der Waals surface area contributed by atoms with Crippen LogP contribution in [0, 0.1) is 0 Å². The van der Waals surface area contributed by atoms with E-state index in [2.05, 4.69) is 20.4 Å². The number of aromatic nitrogens is 2. The molecular weight excluding hydrogens is 395 g/mol. The van der Waals surface area contributed by atoms with E-state index < -0.39 is 0 Å². The normalized spacial score (nSPS) is 13.6. The van der Waals surface area contributed by atoms with Crippen molar-refractivity contribution in [2.45, 2.75) is 12.8 Å². The van der Waals surface area contributed by atoms with Gasteiger partial charge in [-0.1, -0.05) is 35.3 Å². The molecule has 1 N–H and O–H groups in total. The van der Waals surface area contributed by atoms with Crippen molar-refractivity contribution in [1.82, 2.24) is 10.2 Å². The Labute approximate surface area is 173 Å². The van der Waals surface area contributed by atoms with Gasteiger partial charge in [0, 0.05) is 39.9 Å². The molecule has 4 rings (SSSR count). The standard InChI is InChI=1S/C21H18Cl2N4O/c22-16-11-15(12-17(23)13-16)21(28)24-18-5-3-14(4-6-18)19-7-8-20(26-25-19)27-9-1-2-10-27/h3-8,11-13H,1-2,9-10H2,(H,24,28). The van der Waals surface area contributed by atoms with E-state index >= 15 is 0 Å². The lowest BCUT2D eigenvalue weighted by Gasteiger charge is -2.15. The summed E-state index contributed by atoms with van der Waals surface area (Å²) in [5, 5.41) is 12.4. The largest absolute Gasteiger partial charge is 0.355 e. The molecule has 0 atom stereocenters. The third-order valence-corrected chi connectivity index (χ3v) is 5.08. The molecule has 28 heavy (non-hydrogen) atoms. The van der Waals surface area contributed by atoms with E-state index in [-0.39, 0.29) is 5.91 Å². The van der Waals surface area contributed by atoms with Crippen LogP contribution in [0.15, 0.2) is 54.6 Å². The van der Waals surface area contributed by atoms with Crippen molar-refractivity contribution in [3.8, 4) is 11.3 Å². The second kappa shape index (κ2) is 8.17. The molecule has 1 amide bonds. The van der Waals surface area contributed by atoms with E-state index in [1.807, 2.05) is 36.4 Å². The molecule has 2 aromatic carbocycles. The van der Waals surface area contributed by atoms with Gasteiger partial charge in [0.05, 0.1) is 5.69 Å². The molecule has 7 heteroatoms. The van der Waals surface area contributed by atoms with Crippen LogP contribution < -0.4 is 10.2 Å². The van der Waals surface area contributed by atoms with E-state index in [1.165, 1.54) is 12.8 Å². The van der Waals surface area contributed by atoms with Gasteiger partial charge in [-0.3, -0.25) is 4.79 Å². The number of benzene rings is 2. The monoisotopic (exact) mass is 412 g/mol. The van der Waals surface area contributed by atoms with Crippen LogP contribution in [0.4, 0.5) is 11.5 Å². The minimum Gasteiger partial charge on any atom is -0.355 e. The molecule has 1 saturated heterocycles. The van der Waals surface area contributed by atoms with Crippen LogP contribution in [0.25, 0.3) is 11.3 Å². The summed E-state index contributed by atoms with van der Waals surface area (Å²) in [4.78, 5) is 14.6. The van der Waals surface area contributed by atoms with Gasteiger partial charge < -0.3 is 10.2 Å². The van der Waals surface area contributed by atoms with Gasteiger partial charge in [-0.05, 0) is 55.3 Å². The van der Waals surface area contributed by atoms with Crippen molar-refractivity contribution in [3.05, 3.63) is 70.2 Å². The Bertz CT molecular complexity index is 964. The predicted octanol–water partition coefficient (Wildman–Crippen LogP) is 5.30. The van der Waals surface area contributed by atoms with Crippen LogP contribution in [0.3, 0.4) is 0 Å². The molecule has 3 aromatic rings. The van der Waals surface area contributed by atoms with Crippen LogP contribution in [0.5, 0.6) is 0 Å². The minimum absolute atomic E-state index is 0.271. The molecule has 142 valence electrons. The Hall–Kier alpha value is -2.63. The number of anilines is 2. The van der Waals surface area contributed by atoms with Crippen LogP contribution in [-0.4, -0.2) is 29.2 Å². The molecular formula is C21H18Cl2N4O. The smallest absolute Gasteiger partial charge is 0.255 e. The van der Waals surface area contributed by atoms with Gasteiger partial charge in [0.1, 0.15) is 0 Å². The number of nitrogens with zero attached hydrogens (tertiary/aromatic N) is 3. The van der Waals surface area contributed by atoms with E-state index in [1.54, 1.807) is 18.2 Å². The predicted molar refractivity (Wildman–Crippen MR) is 113 cm³/mol. The number of carbonyl (C=O) groups is 1. The van der Waals surface area contributed by atoms with Crippen molar-refractivity contribution >= 4 is 40.6 Å². The SMILES string of the molecule is O=C(Nc1ccc(-c2ccc(N3CCCC3)nn2)cc1)c1cc(Cl)cc(Cl)c1. The highest BCUT2D eigenvalue weighted by molar-refractivity contribution is 6.35. The van der Waals surface area contributed by atoms with Crippen LogP contribution in [-0.2, 0) is 0 Å². The fraction of sp³-hybridized carbons (Fsp3) is 0.190. The maximum atomic E-state index is 12.4. The summed E-state index contributed by atoms with van der Waals surface area (Å²) in [6.45, 7) is 2.08. The van der Waals surface area contributed by atoms with Gasteiger partial charge in [-0.15, -0.1) is 10.2 Å². The third kappa shape index (κ3) is 4.26. The van der Waals surface area contributed by atoms with Gasteiger partial charge >= 0.3 is 0 Å². The fourth-order valence-electron chi connectivity index (χ4n) is 3.21. The van der Waals surface area contributed by atoms with Crippen LogP contribution >= 0.6 is 23.2 Å². The molecule has 5 nitrogen and oxygen atoms in total. The van der Waals surface area contributed by atoms with Gasteiger partial charge in [0.25, 0.3) is 5.91 Å². The number of amides is 1. The minimum atomic E-state index is -0.271. The topological polar surface area (TPSA) is 58.1 Å². The van der Waals surface area contributed by atoms with Gasteiger partial charge in [-0.2, -0.15) is 0 Å². The quantitative estimate of drug-likeness (QED) is 0.631. The molecule has 0 aliphatic carbocycles. The highest BCUT2D eigenvalue weighted by Crippen LogP contribution is 2.23. The molecule has 1 aliphatic heterocycles. The van der Waals surface area contributed by atoms with Crippen molar-refractivity contribution in [2.75, 3.05) is 23.3 Å². The number of hydrogen-bond donors (Lipinski definition) is 1. The maximum Gasteiger partial charge on any atom is 0.255 e. The molecule has 0 unspecified atom stereocenters. The first kappa shape index (κ1) is 18.7. The van der Waals surface area contributed by atoms with Gasteiger partial charge in [0.2, 0.25) is 0 Å². The average Bonchev–Trinajstić information content (AvgIpc) is 3.23. The zero-order valence-electron chi connectivity index (χ0n) is 15.0. The fourth-order valence-corrected chi connectivity index (χ4v) is 3.73. The van der Waals surface area contributed by atoms with Crippen molar-refractivity contribution in [1.29, 1.82) is 0 Å². The van der Waals surface area contributed by atoms with E-state index in [0.29, 0.717) is 21.3 Å². The molecule has 1 aliphatic rings. The van der Waals surface area contributed by atoms with E-state index in [0.717, 1.165) is 30.2 Å². The summed E-state index contributed by atoms with van der Waals surface area (Å²) in [6.07, 6.45) is 2.41. The van der Waals surface area contributed by atoms with Gasteiger partial charge in [-0.25, -0.2) is 0 Å². The lowest BCUT2D eigenvalue weighted by molar-refractivity contribution is 0.102. The summed E-state index contributed by atoms with van der Waals surface area (Å²) in [5.41, 5.74) is 2.81. The molecule has 1 fully saturated rings. The number of hydrogen-bond acceptors (Lipinski definition) is 4. The van der Waals surface area contributed by atoms with Crippen LogP contribution in [0.1, 0.15) is 23.2 Å². The van der Waals surface area contributed by atoms with Crippen molar-refractivity contribution in [3.63, 3.8) is 0 Å². The second-order valence-electron chi connectivity index (χ2n) is 6.66. The Morgan fingerprint density at radius 3 is 2.18 bits per heavy atom. The van der Waals surface area contributed by atoms with E-state index in [4.69, 9.17) is 23.2 Å². The second-order valence-corrected chi connectivity index (χ2v) is 7.53. The highest BCUT2D eigenvalue weighted by atomic mass is 35.5. The van der Waals surface area contributed by atoms with Crippen molar-refractivity contribution < 1.29 is 4.79 Å². The Balaban J connectivity index is 1.45. The zero-order valence-corrected chi connectivity index (χ0v) is 16.5. The summed E-state index contributed by atoms with van der Waals surface area (Å²) >= 11 is 11.9. The summed E-state index contributed by atoms with van der Waals surface area (Å²) in [7, 11) is 0. The molecule has 1 aromatic heterocycles. The first-order chi connectivity index (χ1) is 13.6. The van der Waals surface area contributed by atoms with E-state index in [9.17, 15) is 4.79 Å². The van der Waals surface area contributed by atoms with Gasteiger partial charge in [0.15, 0.2) is 5.82 Å². The first-order valence-electron chi connectivity index (χ1n) is 9.05. The number of carbonyl (C=O) groups excluding carboxylic acids is 1. The number of halogens is 2.